The first-order chi connectivity index (χ1) is 9.58. The van der Waals surface area contributed by atoms with Gasteiger partial charge in [-0.25, -0.2) is 4.79 Å². The third-order valence-electron chi connectivity index (χ3n) is 3.38. The predicted molar refractivity (Wildman–Crippen MR) is 71.1 cm³/mol. The van der Waals surface area contributed by atoms with Gasteiger partial charge in [-0.3, -0.25) is 9.78 Å². The Labute approximate surface area is 117 Å². The number of carbonyl (C=O) groups excluding carboxylic acids is 1. The van der Waals surface area contributed by atoms with Gasteiger partial charge in [-0.1, -0.05) is 6.07 Å². The zero-order valence-electron chi connectivity index (χ0n) is 11.4. The van der Waals surface area contributed by atoms with Gasteiger partial charge in [0.2, 0.25) is 0 Å². The Morgan fingerprint density at radius 2 is 2.15 bits per heavy atom. The Morgan fingerprint density at radius 1 is 1.40 bits per heavy atom. The van der Waals surface area contributed by atoms with E-state index in [0.29, 0.717) is 25.8 Å². The number of amides is 1. The highest BCUT2D eigenvalue weighted by molar-refractivity contribution is 5.82. The Morgan fingerprint density at radius 3 is 2.75 bits per heavy atom. The largest absolute Gasteiger partial charge is 0.479 e. The van der Waals surface area contributed by atoms with Gasteiger partial charge in [0.25, 0.3) is 5.91 Å². The van der Waals surface area contributed by atoms with Gasteiger partial charge in [-0.15, -0.1) is 0 Å². The molecule has 0 saturated carbocycles. The second-order valence-electron chi connectivity index (χ2n) is 4.86. The van der Waals surface area contributed by atoms with Gasteiger partial charge in [0, 0.05) is 31.9 Å². The molecule has 1 aromatic heterocycles. The lowest BCUT2D eigenvalue weighted by Gasteiger charge is -2.20. The molecule has 1 saturated heterocycles. The summed E-state index contributed by atoms with van der Waals surface area (Å²) >= 11 is 0. The Hall–Kier alpha value is -1.95. The fourth-order valence-corrected chi connectivity index (χ4v) is 2.18. The molecule has 0 spiro atoms. The lowest BCUT2D eigenvalue weighted by Crippen LogP contribution is -2.38. The molecule has 108 valence electrons. The number of nitrogens with zero attached hydrogens (tertiary/aromatic N) is 2. The van der Waals surface area contributed by atoms with Crippen LogP contribution in [0.2, 0.25) is 0 Å². The van der Waals surface area contributed by atoms with Crippen LogP contribution in [-0.2, 0) is 20.7 Å². The molecule has 1 fully saturated rings. The number of rotatable bonds is 5. The number of ether oxygens (including phenoxy) is 1. The van der Waals surface area contributed by atoms with Crippen LogP contribution in [0.5, 0.6) is 0 Å². The number of aromatic nitrogens is 1. The summed E-state index contributed by atoms with van der Waals surface area (Å²) in [6, 6.07) is 5.66. The maximum absolute atomic E-state index is 12.1. The summed E-state index contributed by atoms with van der Waals surface area (Å²) in [6.07, 6.45) is 1.74. The number of likely N-dealkylation sites (N-methyl/N-ethyl adjacent to an activating group) is 1. The van der Waals surface area contributed by atoms with Crippen molar-refractivity contribution in [1.29, 1.82) is 0 Å². The number of hydrogen-bond donors (Lipinski definition) is 1. The van der Waals surface area contributed by atoms with E-state index < -0.39 is 18.2 Å². The van der Waals surface area contributed by atoms with E-state index in [9.17, 15) is 9.59 Å². The molecule has 6 heteroatoms. The van der Waals surface area contributed by atoms with Gasteiger partial charge >= 0.3 is 5.97 Å². The van der Waals surface area contributed by atoms with Crippen LogP contribution in [0, 0.1) is 0 Å². The van der Waals surface area contributed by atoms with Crippen molar-refractivity contribution in [2.24, 2.45) is 0 Å². The molecule has 0 bridgehead atoms. The second kappa shape index (κ2) is 6.47. The van der Waals surface area contributed by atoms with Crippen molar-refractivity contribution in [1.82, 2.24) is 9.88 Å². The molecule has 2 rings (SSSR count). The van der Waals surface area contributed by atoms with Crippen LogP contribution in [0.15, 0.2) is 24.4 Å². The second-order valence-corrected chi connectivity index (χ2v) is 4.86. The van der Waals surface area contributed by atoms with E-state index >= 15 is 0 Å². The molecule has 0 aliphatic carbocycles. The summed E-state index contributed by atoms with van der Waals surface area (Å²) < 4.78 is 5.25. The van der Waals surface area contributed by atoms with Crippen molar-refractivity contribution in [3.8, 4) is 0 Å². The predicted octanol–water partition coefficient (Wildman–Crippen LogP) is 0.715. The molecular formula is C14H18N2O4. The summed E-state index contributed by atoms with van der Waals surface area (Å²) in [4.78, 5) is 28.7. The Bertz CT molecular complexity index is 477. The van der Waals surface area contributed by atoms with Crippen LogP contribution in [-0.4, -0.2) is 52.7 Å². The standard InChI is InChI=1S/C14H18N2O4/c1-16(9-7-10-4-2-3-8-15-10)13(17)11-5-6-12(20-11)14(18)19/h2-4,8,11-12H,5-7,9H2,1H3,(H,18,19). The first-order valence-corrected chi connectivity index (χ1v) is 6.61. The monoisotopic (exact) mass is 278 g/mol. The molecule has 6 nitrogen and oxygen atoms in total. The maximum atomic E-state index is 12.1. The van der Waals surface area contributed by atoms with Gasteiger partial charge < -0.3 is 14.7 Å². The van der Waals surface area contributed by atoms with Crippen LogP contribution < -0.4 is 0 Å². The summed E-state index contributed by atoms with van der Waals surface area (Å²) in [5.41, 5.74) is 0.919. The summed E-state index contributed by atoms with van der Waals surface area (Å²) in [7, 11) is 1.70. The van der Waals surface area contributed by atoms with Gasteiger partial charge in [-0.05, 0) is 25.0 Å². The first-order valence-electron chi connectivity index (χ1n) is 6.61. The maximum Gasteiger partial charge on any atom is 0.332 e. The van der Waals surface area contributed by atoms with Gasteiger partial charge in [-0.2, -0.15) is 0 Å². The quantitative estimate of drug-likeness (QED) is 0.858. The number of carboxylic acids is 1. The molecule has 1 amide bonds. The van der Waals surface area contributed by atoms with Crippen LogP contribution in [0.1, 0.15) is 18.5 Å². The molecule has 1 aliphatic heterocycles. The third kappa shape index (κ3) is 3.54. The molecule has 2 heterocycles. The highest BCUT2D eigenvalue weighted by Gasteiger charge is 2.35. The number of hydrogen-bond acceptors (Lipinski definition) is 4. The van der Waals surface area contributed by atoms with E-state index in [0.717, 1.165) is 5.69 Å². The van der Waals surface area contributed by atoms with Crippen molar-refractivity contribution in [3.05, 3.63) is 30.1 Å². The van der Waals surface area contributed by atoms with Gasteiger partial charge in [0.1, 0.15) is 6.10 Å². The average Bonchev–Trinajstić information content (AvgIpc) is 2.95. The summed E-state index contributed by atoms with van der Waals surface area (Å²) in [5.74, 6) is -1.17. The molecule has 1 N–H and O–H groups in total. The lowest BCUT2D eigenvalue weighted by molar-refractivity contribution is -0.154. The molecule has 2 atom stereocenters. The SMILES string of the molecule is CN(CCc1ccccn1)C(=O)C1CCC(C(=O)O)O1. The van der Waals surface area contributed by atoms with E-state index in [1.165, 1.54) is 0 Å². The molecule has 1 aromatic rings. The van der Waals surface area contributed by atoms with Crippen LogP contribution in [0.25, 0.3) is 0 Å². The molecule has 0 aromatic carbocycles. The summed E-state index contributed by atoms with van der Waals surface area (Å²) in [6.45, 7) is 0.535. The molecule has 0 radical (unpaired) electrons. The minimum atomic E-state index is -1.00. The highest BCUT2D eigenvalue weighted by Crippen LogP contribution is 2.21. The van der Waals surface area contributed by atoms with Crippen molar-refractivity contribution in [3.63, 3.8) is 0 Å². The van der Waals surface area contributed by atoms with E-state index in [2.05, 4.69) is 4.98 Å². The lowest BCUT2D eigenvalue weighted by atomic mass is 10.1. The van der Waals surface area contributed by atoms with Gasteiger partial charge in [0.05, 0.1) is 0 Å². The minimum Gasteiger partial charge on any atom is -0.479 e. The molecule has 20 heavy (non-hydrogen) atoms. The van der Waals surface area contributed by atoms with Crippen molar-refractivity contribution >= 4 is 11.9 Å². The minimum absolute atomic E-state index is 0.162. The van der Waals surface area contributed by atoms with E-state index in [-0.39, 0.29) is 5.91 Å². The molecule has 2 unspecified atom stereocenters. The van der Waals surface area contributed by atoms with Gasteiger partial charge in [0.15, 0.2) is 6.10 Å². The van der Waals surface area contributed by atoms with E-state index in [1.807, 2.05) is 18.2 Å². The average molecular weight is 278 g/mol. The van der Waals surface area contributed by atoms with Crippen LogP contribution in [0.4, 0.5) is 0 Å². The number of pyridine rings is 1. The van der Waals surface area contributed by atoms with Crippen molar-refractivity contribution < 1.29 is 19.4 Å². The van der Waals surface area contributed by atoms with Crippen molar-refractivity contribution in [2.45, 2.75) is 31.5 Å². The first kappa shape index (κ1) is 14.5. The highest BCUT2D eigenvalue weighted by atomic mass is 16.5. The van der Waals surface area contributed by atoms with E-state index in [1.54, 1.807) is 18.1 Å². The zero-order valence-corrected chi connectivity index (χ0v) is 11.4. The fourth-order valence-electron chi connectivity index (χ4n) is 2.18. The normalized spacial score (nSPS) is 21.6. The van der Waals surface area contributed by atoms with Crippen LogP contribution in [0.3, 0.4) is 0 Å². The number of carboxylic acid groups (broad SMARTS) is 1. The molecular weight excluding hydrogens is 260 g/mol. The molecule has 1 aliphatic rings. The Kier molecular flexibility index (Phi) is 4.68. The number of carbonyl (C=O) groups is 2. The topological polar surface area (TPSA) is 79.7 Å². The fraction of sp³-hybridized carbons (Fsp3) is 0.500. The van der Waals surface area contributed by atoms with Crippen molar-refractivity contribution in [2.75, 3.05) is 13.6 Å². The Balaban J connectivity index is 1.82. The van der Waals surface area contributed by atoms with Crippen LogP contribution >= 0.6 is 0 Å². The number of aliphatic carboxylic acids is 1. The zero-order chi connectivity index (χ0) is 14.5. The smallest absolute Gasteiger partial charge is 0.332 e. The van der Waals surface area contributed by atoms with E-state index in [4.69, 9.17) is 9.84 Å². The summed E-state index contributed by atoms with van der Waals surface area (Å²) in [5, 5.41) is 8.85. The third-order valence-corrected chi connectivity index (χ3v) is 3.38.